The van der Waals surface area contributed by atoms with Gasteiger partial charge in [-0.3, -0.25) is 4.72 Å². The molecule has 96 valence electrons. The molecule has 0 aromatic heterocycles. The van der Waals surface area contributed by atoms with Crippen LogP contribution in [0.4, 0.5) is 5.69 Å². The van der Waals surface area contributed by atoms with Crippen LogP contribution in [0.3, 0.4) is 0 Å². The van der Waals surface area contributed by atoms with Crippen molar-refractivity contribution in [3.63, 3.8) is 0 Å². The molecule has 0 aliphatic heterocycles. The van der Waals surface area contributed by atoms with Gasteiger partial charge in [0.1, 0.15) is 0 Å². The maximum absolute atomic E-state index is 11.9. The number of halogens is 1. The van der Waals surface area contributed by atoms with Crippen molar-refractivity contribution in [3.05, 3.63) is 27.8 Å². The van der Waals surface area contributed by atoms with Gasteiger partial charge in [0, 0.05) is 17.2 Å². The first kappa shape index (κ1) is 14.7. The number of hydrogen-bond acceptors (Lipinski definition) is 3. The van der Waals surface area contributed by atoms with Crippen LogP contribution < -0.4 is 10.5 Å². The maximum atomic E-state index is 11.9. The highest BCUT2D eigenvalue weighted by molar-refractivity contribution is 14.1. The molecule has 0 radical (unpaired) electrons. The molecule has 0 spiro atoms. The third kappa shape index (κ3) is 4.41. The van der Waals surface area contributed by atoms with E-state index in [0.717, 1.165) is 3.57 Å². The van der Waals surface area contributed by atoms with Crippen LogP contribution >= 0.6 is 22.6 Å². The number of benzene rings is 1. The van der Waals surface area contributed by atoms with Crippen molar-refractivity contribution in [2.24, 2.45) is 5.73 Å². The molecule has 0 bridgehead atoms. The second-order valence-electron chi connectivity index (χ2n) is 3.55. The van der Waals surface area contributed by atoms with E-state index < -0.39 is 10.2 Å². The Balaban J connectivity index is 2.76. The zero-order chi connectivity index (χ0) is 12.9. The maximum Gasteiger partial charge on any atom is 0.301 e. The molecule has 0 aliphatic carbocycles. The first-order valence-corrected chi connectivity index (χ1v) is 7.68. The first-order chi connectivity index (χ1) is 7.97. The Labute approximate surface area is 116 Å². The smallest absolute Gasteiger partial charge is 0.301 e. The molecule has 1 rings (SSSR count). The van der Waals surface area contributed by atoms with Gasteiger partial charge in [-0.2, -0.15) is 12.7 Å². The third-order valence-corrected chi connectivity index (χ3v) is 4.62. The summed E-state index contributed by atoms with van der Waals surface area (Å²) in [5, 5.41) is 0. The number of hydrogen-bond donors (Lipinski definition) is 2. The van der Waals surface area contributed by atoms with Crippen LogP contribution in [0.15, 0.2) is 24.3 Å². The molecule has 0 saturated heterocycles. The summed E-state index contributed by atoms with van der Waals surface area (Å²) in [6.45, 7) is 0.887. The van der Waals surface area contributed by atoms with Gasteiger partial charge in [0.05, 0.1) is 5.69 Å². The van der Waals surface area contributed by atoms with Crippen molar-refractivity contribution in [2.45, 2.75) is 6.42 Å². The molecule has 0 fully saturated rings. The van der Waals surface area contributed by atoms with Crippen LogP contribution in [0.25, 0.3) is 0 Å². The van der Waals surface area contributed by atoms with Crippen molar-refractivity contribution in [3.8, 4) is 0 Å². The van der Waals surface area contributed by atoms with Crippen LogP contribution in [-0.4, -0.2) is 32.9 Å². The molecule has 1 aromatic rings. The minimum atomic E-state index is -3.49. The molecule has 0 atom stereocenters. The van der Waals surface area contributed by atoms with Crippen LogP contribution in [0.1, 0.15) is 6.42 Å². The fraction of sp³-hybridized carbons (Fsp3) is 0.400. The normalized spacial score (nSPS) is 11.8. The Hall–Kier alpha value is -0.380. The minimum Gasteiger partial charge on any atom is -0.330 e. The fourth-order valence-corrected chi connectivity index (χ4v) is 2.88. The quantitative estimate of drug-likeness (QED) is 0.741. The molecule has 7 heteroatoms. The summed E-state index contributed by atoms with van der Waals surface area (Å²) in [5.41, 5.74) is 5.94. The number of nitrogens with zero attached hydrogens (tertiary/aromatic N) is 1. The van der Waals surface area contributed by atoms with Gasteiger partial charge in [-0.05, 0) is 47.7 Å². The summed E-state index contributed by atoms with van der Waals surface area (Å²) >= 11 is 2.09. The van der Waals surface area contributed by atoms with Gasteiger partial charge in [-0.25, -0.2) is 0 Å². The predicted octanol–water partition coefficient (Wildman–Crippen LogP) is 1.23. The minimum absolute atomic E-state index is 0.412. The summed E-state index contributed by atoms with van der Waals surface area (Å²) in [5.74, 6) is 0. The van der Waals surface area contributed by atoms with Gasteiger partial charge in [-0.15, -0.1) is 0 Å². The van der Waals surface area contributed by atoms with E-state index in [1.807, 2.05) is 12.1 Å². The average Bonchev–Trinajstić information content (AvgIpc) is 2.28. The zero-order valence-corrected chi connectivity index (χ0v) is 12.5. The lowest BCUT2D eigenvalue weighted by molar-refractivity contribution is 0.468. The van der Waals surface area contributed by atoms with Crippen LogP contribution in [-0.2, 0) is 10.2 Å². The summed E-state index contributed by atoms with van der Waals surface area (Å²) in [7, 11) is -1.95. The van der Waals surface area contributed by atoms with E-state index in [0.29, 0.717) is 25.2 Å². The van der Waals surface area contributed by atoms with Gasteiger partial charge in [-0.1, -0.05) is 12.1 Å². The highest BCUT2D eigenvalue weighted by atomic mass is 127. The molecule has 3 N–H and O–H groups in total. The van der Waals surface area contributed by atoms with E-state index in [4.69, 9.17) is 5.73 Å². The Bertz CT molecular complexity index is 464. The van der Waals surface area contributed by atoms with Crippen LogP contribution in [0.5, 0.6) is 0 Å². The SMILES string of the molecule is CN(CCCN)S(=O)(=O)Nc1ccccc1I. The molecule has 0 aliphatic rings. The van der Waals surface area contributed by atoms with Crippen molar-refractivity contribution >= 4 is 38.5 Å². The van der Waals surface area contributed by atoms with Gasteiger partial charge in [0.2, 0.25) is 0 Å². The Kier molecular flexibility index (Phi) is 5.63. The van der Waals surface area contributed by atoms with Crippen molar-refractivity contribution in [1.82, 2.24) is 4.31 Å². The van der Waals surface area contributed by atoms with Crippen molar-refractivity contribution in [1.29, 1.82) is 0 Å². The molecular formula is C10H16IN3O2S. The lowest BCUT2D eigenvalue weighted by Gasteiger charge is -2.18. The number of rotatable bonds is 6. The number of nitrogens with two attached hydrogens (primary N) is 1. The third-order valence-electron chi connectivity index (χ3n) is 2.20. The molecule has 1 aromatic carbocycles. The van der Waals surface area contributed by atoms with E-state index in [1.54, 1.807) is 12.1 Å². The van der Waals surface area contributed by atoms with Gasteiger partial charge in [0.25, 0.3) is 0 Å². The van der Waals surface area contributed by atoms with Gasteiger partial charge < -0.3 is 5.73 Å². The molecule has 0 unspecified atom stereocenters. The van der Waals surface area contributed by atoms with E-state index >= 15 is 0 Å². The topological polar surface area (TPSA) is 75.4 Å². The van der Waals surface area contributed by atoms with Crippen LogP contribution in [0.2, 0.25) is 0 Å². The summed E-state index contributed by atoms with van der Waals surface area (Å²) in [4.78, 5) is 0. The van der Waals surface area contributed by atoms with E-state index in [9.17, 15) is 8.42 Å². The largest absolute Gasteiger partial charge is 0.330 e. The summed E-state index contributed by atoms with van der Waals surface area (Å²) in [6.07, 6.45) is 0.642. The monoisotopic (exact) mass is 369 g/mol. The summed E-state index contributed by atoms with van der Waals surface area (Å²) < 4.78 is 28.5. The van der Waals surface area contributed by atoms with E-state index in [1.165, 1.54) is 11.4 Å². The average molecular weight is 369 g/mol. The van der Waals surface area contributed by atoms with Crippen LogP contribution in [0, 0.1) is 3.57 Å². The molecule has 0 heterocycles. The molecule has 0 saturated carbocycles. The van der Waals surface area contributed by atoms with E-state index in [-0.39, 0.29) is 0 Å². The lowest BCUT2D eigenvalue weighted by Crippen LogP contribution is -2.34. The number of nitrogens with one attached hydrogen (secondary N) is 1. The fourth-order valence-electron chi connectivity index (χ4n) is 1.19. The van der Waals surface area contributed by atoms with Gasteiger partial charge in [0.15, 0.2) is 0 Å². The predicted molar refractivity (Wildman–Crippen MR) is 78.0 cm³/mol. The molecule has 0 amide bonds. The molecular weight excluding hydrogens is 353 g/mol. The number of para-hydroxylation sites is 1. The lowest BCUT2D eigenvalue weighted by atomic mass is 10.3. The zero-order valence-electron chi connectivity index (χ0n) is 9.56. The highest BCUT2D eigenvalue weighted by Gasteiger charge is 2.17. The van der Waals surface area contributed by atoms with Gasteiger partial charge >= 0.3 is 10.2 Å². The Morgan fingerprint density at radius 1 is 1.41 bits per heavy atom. The standard InChI is InChI=1S/C10H16IN3O2S/c1-14(8-4-7-12)17(15,16)13-10-6-3-2-5-9(10)11/h2-3,5-6,13H,4,7-8,12H2,1H3. The second kappa shape index (κ2) is 6.53. The van der Waals surface area contributed by atoms with Crippen molar-refractivity contribution in [2.75, 3.05) is 24.9 Å². The van der Waals surface area contributed by atoms with E-state index in [2.05, 4.69) is 27.3 Å². The first-order valence-electron chi connectivity index (χ1n) is 5.16. The highest BCUT2D eigenvalue weighted by Crippen LogP contribution is 2.18. The Morgan fingerprint density at radius 3 is 2.65 bits per heavy atom. The summed E-state index contributed by atoms with van der Waals surface area (Å²) in [6, 6.07) is 7.23. The molecule has 17 heavy (non-hydrogen) atoms. The van der Waals surface area contributed by atoms with Crippen molar-refractivity contribution < 1.29 is 8.42 Å². The number of anilines is 1. The Morgan fingerprint density at radius 2 is 2.06 bits per heavy atom. The molecule has 5 nitrogen and oxygen atoms in total. The second-order valence-corrected chi connectivity index (χ2v) is 6.49.